The molecule has 0 saturated heterocycles. The average Bonchev–Trinajstić information content (AvgIpc) is 2.55. The Balaban J connectivity index is 2.02. The van der Waals surface area contributed by atoms with Crippen LogP contribution in [0.15, 0.2) is 18.3 Å². The number of nitrogen functional groups attached to an aromatic ring is 1. The topological polar surface area (TPSA) is 63.0 Å². The van der Waals surface area contributed by atoms with E-state index in [9.17, 15) is 0 Å². The second-order valence-electron chi connectivity index (χ2n) is 4.94. The Morgan fingerprint density at radius 1 is 1.29 bits per heavy atom. The molecule has 94 valence electrons. The summed E-state index contributed by atoms with van der Waals surface area (Å²) in [5.41, 5.74) is 3.68. The lowest BCUT2D eigenvalue weighted by Gasteiger charge is -2.24. The largest absolute Gasteiger partial charge is 0.382 e. The summed E-state index contributed by atoms with van der Waals surface area (Å²) in [4.78, 5) is 4.11. The number of aromatic nitrogens is 1. The number of nitrogens with one attached hydrogen (secondary N) is 2. The summed E-state index contributed by atoms with van der Waals surface area (Å²) in [7, 11) is 0. The highest BCUT2D eigenvalue weighted by Crippen LogP contribution is 2.26. The Hall–Kier alpha value is -1.29. The second-order valence-corrected chi connectivity index (χ2v) is 4.94. The van der Waals surface area contributed by atoms with E-state index in [1.54, 1.807) is 6.20 Å². The van der Waals surface area contributed by atoms with Crippen molar-refractivity contribution in [1.82, 2.24) is 4.98 Å². The third-order valence-electron chi connectivity index (χ3n) is 3.62. The molecule has 2 atom stereocenters. The van der Waals surface area contributed by atoms with E-state index in [1.165, 1.54) is 32.1 Å². The summed E-state index contributed by atoms with van der Waals surface area (Å²) in [6.45, 7) is 2.34. The summed E-state index contributed by atoms with van der Waals surface area (Å²) < 4.78 is 0. The van der Waals surface area contributed by atoms with Gasteiger partial charge in [0.1, 0.15) is 5.82 Å². The van der Waals surface area contributed by atoms with Crippen LogP contribution in [0, 0.1) is 5.92 Å². The van der Waals surface area contributed by atoms with Crippen LogP contribution in [0.1, 0.15) is 39.0 Å². The summed E-state index contributed by atoms with van der Waals surface area (Å²) in [6.07, 6.45) is 8.42. The van der Waals surface area contributed by atoms with Crippen molar-refractivity contribution >= 4 is 11.5 Å². The van der Waals surface area contributed by atoms with Crippen LogP contribution in [-0.4, -0.2) is 11.0 Å². The van der Waals surface area contributed by atoms with Crippen molar-refractivity contribution < 1.29 is 0 Å². The van der Waals surface area contributed by atoms with Crippen LogP contribution >= 0.6 is 0 Å². The molecule has 1 aromatic rings. The number of anilines is 2. The van der Waals surface area contributed by atoms with E-state index < -0.39 is 0 Å². The van der Waals surface area contributed by atoms with Gasteiger partial charge in [-0.3, -0.25) is 0 Å². The normalized spacial score (nSPS) is 25.1. The van der Waals surface area contributed by atoms with Crippen LogP contribution < -0.4 is 16.6 Å². The zero-order valence-corrected chi connectivity index (χ0v) is 10.4. The minimum absolute atomic E-state index is 0.575. The summed E-state index contributed by atoms with van der Waals surface area (Å²) in [5.74, 6) is 6.80. The minimum atomic E-state index is 0.575. The Kier molecular flexibility index (Phi) is 4.20. The van der Waals surface area contributed by atoms with Gasteiger partial charge >= 0.3 is 0 Å². The van der Waals surface area contributed by atoms with Gasteiger partial charge in [-0.2, -0.15) is 0 Å². The molecule has 2 unspecified atom stereocenters. The average molecular weight is 234 g/mol. The standard InChI is InChI=1S/C13H22N4/c1-10-5-3-2-4-6-12(10)16-11-7-8-15-13(9-11)17-14/h7-10,12H,2-6,14H2,1H3,(H2,15,16,17). The predicted molar refractivity (Wildman–Crippen MR) is 71.7 cm³/mol. The first-order valence-electron chi connectivity index (χ1n) is 6.49. The number of hydrogen-bond acceptors (Lipinski definition) is 4. The van der Waals surface area contributed by atoms with Gasteiger partial charge in [0.15, 0.2) is 0 Å². The second kappa shape index (κ2) is 5.87. The number of pyridine rings is 1. The molecule has 0 bridgehead atoms. The summed E-state index contributed by atoms with van der Waals surface area (Å²) >= 11 is 0. The van der Waals surface area contributed by atoms with Gasteiger partial charge < -0.3 is 10.7 Å². The quantitative estimate of drug-likeness (QED) is 0.427. The zero-order valence-electron chi connectivity index (χ0n) is 10.4. The molecule has 0 radical (unpaired) electrons. The number of rotatable bonds is 3. The molecule has 4 N–H and O–H groups in total. The lowest BCUT2D eigenvalue weighted by Crippen LogP contribution is -2.26. The van der Waals surface area contributed by atoms with Crippen molar-refractivity contribution in [3.63, 3.8) is 0 Å². The van der Waals surface area contributed by atoms with Gasteiger partial charge in [-0.1, -0.05) is 26.2 Å². The van der Waals surface area contributed by atoms with Gasteiger partial charge in [0, 0.05) is 24.0 Å². The van der Waals surface area contributed by atoms with Crippen LogP contribution in [0.3, 0.4) is 0 Å². The summed E-state index contributed by atoms with van der Waals surface area (Å²) in [6, 6.07) is 4.53. The molecule has 1 aliphatic rings. The first-order valence-corrected chi connectivity index (χ1v) is 6.49. The van der Waals surface area contributed by atoms with Gasteiger partial charge in [-0.15, -0.1) is 0 Å². The maximum atomic E-state index is 5.36. The Morgan fingerprint density at radius 3 is 2.94 bits per heavy atom. The van der Waals surface area contributed by atoms with Crippen LogP contribution in [-0.2, 0) is 0 Å². The van der Waals surface area contributed by atoms with Crippen molar-refractivity contribution in [1.29, 1.82) is 0 Å². The minimum Gasteiger partial charge on any atom is -0.382 e. The molecule has 2 rings (SSSR count). The van der Waals surface area contributed by atoms with Crippen LogP contribution in [0.2, 0.25) is 0 Å². The van der Waals surface area contributed by atoms with Crippen molar-refractivity contribution in [2.24, 2.45) is 11.8 Å². The highest BCUT2D eigenvalue weighted by Gasteiger charge is 2.19. The number of nitrogens with two attached hydrogens (primary N) is 1. The van der Waals surface area contributed by atoms with Gasteiger partial charge in [0.05, 0.1) is 0 Å². The molecule has 1 saturated carbocycles. The SMILES string of the molecule is CC1CCCCCC1Nc1ccnc(NN)c1. The van der Waals surface area contributed by atoms with Crippen molar-refractivity contribution in [2.75, 3.05) is 10.7 Å². The highest BCUT2D eigenvalue weighted by molar-refractivity contribution is 5.51. The van der Waals surface area contributed by atoms with Crippen molar-refractivity contribution in [3.8, 4) is 0 Å². The molecule has 1 aliphatic carbocycles. The van der Waals surface area contributed by atoms with E-state index in [0.717, 1.165) is 11.6 Å². The third-order valence-corrected chi connectivity index (χ3v) is 3.62. The van der Waals surface area contributed by atoms with Crippen LogP contribution in [0.4, 0.5) is 11.5 Å². The molecule has 4 heteroatoms. The molecule has 1 heterocycles. The zero-order chi connectivity index (χ0) is 12.1. The molecule has 0 spiro atoms. The molecule has 0 amide bonds. The van der Waals surface area contributed by atoms with Crippen LogP contribution in [0.5, 0.6) is 0 Å². The Morgan fingerprint density at radius 2 is 2.12 bits per heavy atom. The third kappa shape index (κ3) is 3.33. The van der Waals surface area contributed by atoms with Gasteiger partial charge in [0.25, 0.3) is 0 Å². The van der Waals surface area contributed by atoms with E-state index in [2.05, 4.69) is 22.7 Å². The lowest BCUT2D eigenvalue weighted by molar-refractivity contribution is 0.456. The highest BCUT2D eigenvalue weighted by atomic mass is 15.2. The maximum absolute atomic E-state index is 5.36. The van der Waals surface area contributed by atoms with E-state index in [0.29, 0.717) is 11.9 Å². The monoisotopic (exact) mass is 234 g/mol. The fourth-order valence-corrected chi connectivity index (χ4v) is 2.52. The lowest BCUT2D eigenvalue weighted by atomic mass is 9.97. The molecule has 17 heavy (non-hydrogen) atoms. The Labute approximate surface area is 103 Å². The molecule has 0 aromatic carbocycles. The first-order chi connectivity index (χ1) is 8.29. The van der Waals surface area contributed by atoms with E-state index >= 15 is 0 Å². The number of hydrazine groups is 1. The van der Waals surface area contributed by atoms with Crippen molar-refractivity contribution in [3.05, 3.63) is 18.3 Å². The number of nitrogens with zero attached hydrogens (tertiary/aromatic N) is 1. The van der Waals surface area contributed by atoms with E-state index in [-0.39, 0.29) is 0 Å². The van der Waals surface area contributed by atoms with Gasteiger partial charge in [0.2, 0.25) is 0 Å². The molecular weight excluding hydrogens is 212 g/mol. The van der Waals surface area contributed by atoms with Gasteiger partial charge in [-0.05, 0) is 24.8 Å². The maximum Gasteiger partial charge on any atom is 0.141 e. The summed E-state index contributed by atoms with van der Waals surface area (Å²) in [5, 5.41) is 3.61. The first kappa shape index (κ1) is 12.2. The smallest absolute Gasteiger partial charge is 0.141 e. The number of hydrogen-bond donors (Lipinski definition) is 3. The fraction of sp³-hybridized carbons (Fsp3) is 0.615. The van der Waals surface area contributed by atoms with Crippen LogP contribution in [0.25, 0.3) is 0 Å². The molecule has 4 nitrogen and oxygen atoms in total. The van der Waals surface area contributed by atoms with Crippen molar-refractivity contribution in [2.45, 2.75) is 45.1 Å². The fourth-order valence-electron chi connectivity index (χ4n) is 2.52. The molecule has 1 aromatic heterocycles. The molecule has 0 aliphatic heterocycles. The molecular formula is C13H22N4. The van der Waals surface area contributed by atoms with Gasteiger partial charge in [-0.25, -0.2) is 10.8 Å². The van der Waals surface area contributed by atoms with E-state index in [4.69, 9.17) is 5.84 Å². The molecule has 1 fully saturated rings. The Bertz CT molecular complexity index is 353. The van der Waals surface area contributed by atoms with E-state index in [1.807, 2.05) is 12.1 Å². The predicted octanol–water partition coefficient (Wildman–Crippen LogP) is 2.75.